The van der Waals surface area contributed by atoms with Crippen LogP contribution >= 0.6 is 11.3 Å². The topological polar surface area (TPSA) is 70.3 Å². The second-order valence-corrected chi connectivity index (χ2v) is 8.47. The van der Waals surface area contributed by atoms with Crippen LogP contribution in [0.1, 0.15) is 29.2 Å². The Bertz CT molecular complexity index is 1150. The van der Waals surface area contributed by atoms with E-state index < -0.39 is 6.04 Å². The molecule has 0 fully saturated rings. The molecule has 7 heteroatoms. The molecule has 0 bridgehead atoms. The van der Waals surface area contributed by atoms with Crippen molar-refractivity contribution in [3.63, 3.8) is 0 Å². The molecule has 1 aliphatic heterocycles. The maximum Gasteiger partial charge on any atom is 0.282 e. The lowest BCUT2D eigenvalue weighted by Gasteiger charge is -2.09. The van der Waals surface area contributed by atoms with Gasteiger partial charge in [-0.15, -0.1) is 11.3 Å². The van der Waals surface area contributed by atoms with E-state index in [1.807, 2.05) is 50.4 Å². The molecule has 0 spiro atoms. The molecule has 1 amide bonds. The van der Waals surface area contributed by atoms with E-state index in [2.05, 4.69) is 39.4 Å². The molecule has 2 heterocycles. The molecule has 1 aromatic heterocycles. The zero-order valence-electron chi connectivity index (χ0n) is 17.7. The van der Waals surface area contributed by atoms with Crippen LogP contribution in [0, 0.1) is 27.7 Å². The van der Waals surface area contributed by atoms with Crippen LogP contribution in [0.25, 0.3) is 11.3 Å². The lowest BCUT2D eigenvalue weighted by molar-refractivity contribution is -0.117. The Kier molecular flexibility index (Phi) is 5.30. The van der Waals surface area contributed by atoms with E-state index in [1.165, 1.54) is 27.5 Å². The molecule has 1 aliphatic rings. The Hall–Kier alpha value is -3.19. The highest BCUT2D eigenvalue weighted by Gasteiger charge is 2.36. The average molecular weight is 418 g/mol. The first kappa shape index (κ1) is 20.1. The molecule has 0 radical (unpaired) electrons. The Morgan fingerprint density at radius 1 is 0.967 bits per heavy atom. The number of aromatic nitrogens is 1. The highest BCUT2D eigenvalue weighted by molar-refractivity contribution is 7.14. The van der Waals surface area contributed by atoms with E-state index in [9.17, 15) is 4.79 Å². The first-order chi connectivity index (χ1) is 14.3. The van der Waals surface area contributed by atoms with Crippen LogP contribution in [-0.2, 0) is 4.79 Å². The minimum atomic E-state index is -0.725. The molecule has 6 nitrogen and oxygen atoms in total. The van der Waals surface area contributed by atoms with E-state index in [4.69, 9.17) is 0 Å². The second-order valence-electron chi connectivity index (χ2n) is 7.64. The molecule has 4 rings (SSSR count). The predicted molar refractivity (Wildman–Crippen MR) is 122 cm³/mol. The summed E-state index contributed by atoms with van der Waals surface area (Å²) >= 11 is 1.39. The van der Waals surface area contributed by atoms with Crippen LogP contribution in [0.3, 0.4) is 0 Å². The molecule has 1 atom stereocenters. The SMILES string of the molecule is CC1=NN(c2nc(-c3ccc(C)cc3)cs2)C(=O)[C@@H]1N=Nc1c(C)cc(C)cc1C. The maximum atomic E-state index is 13.0. The number of anilines is 1. The highest BCUT2D eigenvalue weighted by Crippen LogP contribution is 2.31. The molecule has 0 N–H and O–H groups in total. The number of rotatable bonds is 4. The third-order valence-electron chi connectivity index (χ3n) is 5.03. The summed E-state index contributed by atoms with van der Waals surface area (Å²) in [6, 6.07) is 11.5. The zero-order valence-corrected chi connectivity index (χ0v) is 18.5. The molecule has 3 aromatic rings. The van der Waals surface area contributed by atoms with Gasteiger partial charge in [-0.05, 0) is 45.7 Å². The number of nitrogens with zero attached hydrogens (tertiary/aromatic N) is 5. The Balaban J connectivity index is 1.56. The van der Waals surface area contributed by atoms with Crippen LogP contribution in [0.15, 0.2) is 57.1 Å². The molecule has 0 unspecified atom stereocenters. The predicted octanol–water partition coefficient (Wildman–Crippen LogP) is 5.92. The Labute approximate surface area is 180 Å². The van der Waals surface area contributed by atoms with E-state index in [0.29, 0.717) is 10.8 Å². The van der Waals surface area contributed by atoms with Gasteiger partial charge < -0.3 is 0 Å². The van der Waals surface area contributed by atoms with Gasteiger partial charge in [-0.3, -0.25) is 4.79 Å². The molecule has 0 saturated heterocycles. The molecule has 2 aromatic carbocycles. The van der Waals surface area contributed by atoms with Gasteiger partial charge in [0.2, 0.25) is 5.13 Å². The van der Waals surface area contributed by atoms with Gasteiger partial charge in [-0.2, -0.15) is 20.3 Å². The van der Waals surface area contributed by atoms with Crippen molar-refractivity contribution in [1.29, 1.82) is 0 Å². The number of amides is 1. The number of thiazole rings is 1. The molecular weight excluding hydrogens is 394 g/mol. The largest absolute Gasteiger partial charge is 0.282 e. The lowest BCUT2D eigenvalue weighted by Crippen LogP contribution is -2.29. The van der Waals surface area contributed by atoms with Gasteiger partial charge in [0.15, 0.2) is 6.04 Å². The van der Waals surface area contributed by atoms with Crippen molar-refractivity contribution in [2.45, 2.75) is 40.7 Å². The van der Waals surface area contributed by atoms with E-state index in [-0.39, 0.29) is 5.91 Å². The van der Waals surface area contributed by atoms with Crippen LogP contribution in [0.5, 0.6) is 0 Å². The van der Waals surface area contributed by atoms with Crippen molar-refractivity contribution in [3.05, 3.63) is 64.0 Å². The van der Waals surface area contributed by atoms with Gasteiger partial charge >= 0.3 is 0 Å². The summed E-state index contributed by atoms with van der Waals surface area (Å²) in [7, 11) is 0. The standard InChI is InChI=1S/C23H23N5OS/c1-13-6-8-18(9-7-13)19-12-30-23(24-19)28-22(29)21(17(5)27-28)26-25-20-15(3)10-14(2)11-16(20)4/h6-12,21H,1-5H3/t21-/m1/s1. The first-order valence-electron chi connectivity index (χ1n) is 9.74. The minimum absolute atomic E-state index is 0.233. The second kappa shape index (κ2) is 7.91. The molecule has 0 saturated carbocycles. The summed E-state index contributed by atoms with van der Waals surface area (Å²) in [5.74, 6) is -0.233. The summed E-state index contributed by atoms with van der Waals surface area (Å²) in [6.07, 6.45) is 0. The zero-order chi connectivity index (χ0) is 21.4. The van der Waals surface area contributed by atoms with Crippen molar-refractivity contribution < 1.29 is 4.79 Å². The van der Waals surface area contributed by atoms with Crippen LogP contribution in [0.4, 0.5) is 10.8 Å². The highest BCUT2D eigenvalue weighted by atomic mass is 32.1. The molecule has 30 heavy (non-hydrogen) atoms. The molecule has 0 aliphatic carbocycles. The van der Waals surface area contributed by atoms with Gasteiger partial charge in [-0.25, -0.2) is 4.98 Å². The van der Waals surface area contributed by atoms with Gasteiger partial charge in [-0.1, -0.05) is 47.5 Å². The number of hydrogen-bond acceptors (Lipinski definition) is 6. The van der Waals surface area contributed by atoms with Crippen molar-refractivity contribution in [2.24, 2.45) is 15.3 Å². The number of aryl methyl sites for hydroxylation is 4. The van der Waals surface area contributed by atoms with E-state index >= 15 is 0 Å². The van der Waals surface area contributed by atoms with Crippen LogP contribution in [0.2, 0.25) is 0 Å². The van der Waals surface area contributed by atoms with Gasteiger partial charge in [0.05, 0.1) is 17.1 Å². The normalized spacial score (nSPS) is 16.6. The fraction of sp³-hybridized carbons (Fsp3) is 0.261. The fourth-order valence-corrected chi connectivity index (χ4v) is 4.28. The maximum absolute atomic E-state index is 13.0. The Morgan fingerprint density at radius 3 is 2.30 bits per heavy atom. The summed E-state index contributed by atoms with van der Waals surface area (Å²) in [4.78, 5) is 17.6. The third-order valence-corrected chi connectivity index (χ3v) is 5.84. The quantitative estimate of drug-likeness (QED) is 0.494. The number of benzene rings is 2. The lowest BCUT2D eigenvalue weighted by atomic mass is 10.1. The van der Waals surface area contributed by atoms with Crippen LogP contribution < -0.4 is 5.01 Å². The fourth-order valence-electron chi connectivity index (χ4n) is 3.49. The number of carbonyl (C=O) groups is 1. The van der Waals surface area contributed by atoms with Crippen molar-refractivity contribution in [1.82, 2.24) is 4.98 Å². The number of azo groups is 1. The van der Waals surface area contributed by atoms with Crippen LogP contribution in [-0.4, -0.2) is 22.6 Å². The molecular formula is C23H23N5OS. The van der Waals surface area contributed by atoms with Gasteiger partial charge in [0.1, 0.15) is 0 Å². The van der Waals surface area contributed by atoms with Crippen molar-refractivity contribution in [3.8, 4) is 11.3 Å². The monoisotopic (exact) mass is 417 g/mol. The summed E-state index contributed by atoms with van der Waals surface area (Å²) in [5, 5.41) is 17.0. The number of carbonyl (C=O) groups excluding carboxylic acids is 1. The average Bonchev–Trinajstić information content (AvgIpc) is 3.27. The summed E-state index contributed by atoms with van der Waals surface area (Å²) in [5.41, 5.74) is 7.69. The number of hydrazone groups is 1. The summed E-state index contributed by atoms with van der Waals surface area (Å²) in [6.45, 7) is 9.89. The van der Waals surface area contributed by atoms with Crippen molar-refractivity contribution >= 4 is 33.8 Å². The van der Waals surface area contributed by atoms with E-state index in [0.717, 1.165) is 28.1 Å². The smallest absolute Gasteiger partial charge is 0.269 e. The van der Waals surface area contributed by atoms with E-state index in [1.54, 1.807) is 6.92 Å². The minimum Gasteiger partial charge on any atom is -0.269 e. The molecule has 152 valence electrons. The number of hydrogen-bond donors (Lipinski definition) is 0. The van der Waals surface area contributed by atoms with Crippen molar-refractivity contribution in [2.75, 3.05) is 5.01 Å². The van der Waals surface area contributed by atoms with Gasteiger partial charge in [0, 0.05) is 10.9 Å². The van der Waals surface area contributed by atoms with Gasteiger partial charge in [0.25, 0.3) is 5.91 Å². The first-order valence-corrected chi connectivity index (χ1v) is 10.6. The Morgan fingerprint density at radius 2 is 1.63 bits per heavy atom. The third kappa shape index (κ3) is 3.80. The summed E-state index contributed by atoms with van der Waals surface area (Å²) < 4.78 is 0.